The van der Waals surface area contributed by atoms with Gasteiger partial charge in [0.2, 0.25) is 0 Å². The van der Waals surface area contributed by atoms with Crippen LogP contribution in [-0.4, -0.2) is 40.5 Å². The molecule has 112 valence electrons. The summed E-state index contributed by atoms with van der Waals surface area (Å²) in [4.78, 5) is 11.0. The monoisotopic (exact) mass is 277 g/mol. The molecule has 2 rings (SSSR count). The molecule has 0 aromatic carbocycles. The minimum Gasteiger partial charge on any atom is -0.383 e. The molecule has 1 saturated heterocycles. The number of hydrogen-bond donors (Lipinski definition) is 2. The molecule has 1 fully saturated rings. The Bertz CT molecular complexity index is 415. The first-order chi connectivity index (χ1) is 9.70. The minimum atomic E-state index is 0.373. The zero-order chi connectivity index (χ0) is 14.4. The van der Waals surface area contributed by atoms with Crippen LogP contribution < -0.4 is 11.1 Å². The van der Waals surface area contributed by atoms with Gasteiger partial charge in [0.25, 0.3) is 0 Å². The number of nitrogens with one attached hydrogen (secondary N) is 1. The highest BCUT2D eigenvalue weighted by Gasteiger charge is 2.15. The van der Waals surface area contributed by atoms with Gasteiger partial charge < -0.3 is 16.0 Å². The molecule has 1 aliphatic heterocycles. The van der Waals surface area contributed by atoms with Crippen LogP contribution in [0.1, 0.15) is 45.1 Å². The van der Waals surface area contributed by atoms with Crippen LogP contribution in [0, 0.1) is 0 Å². The van der Waals surface area contributed by atoms with Gasteiger partial charge in [-0.3, -0.25) is 0 Å². The maximum Gasteiger partial charge on any atom is 0.134 e. The zero-order valence-electron chi connectivity index (χ0n) is 12.7. The summed E-state index contributed by atoms with van der Waals surface area (Å²) in [6.45, 7) is 7.87. The van der Waals surface area contributed by atoms with Gasteiger partial charge in [0.15, 0.2) is 0 Å². The van der Waals surface area contributed by atoms with Crippen LogP contribution in [0.4, 0.5) is 11.6 Å². The molecule has 3 N–H and O–H groups in total. The number of rotatable bonds is 6. The summed E-state index contributed by atoms with van der Waals surface area (Å²) in [5, 5.41) is 3.51. The first kappa shape index (κ1) is 15.0. The van der Waals surface area contributed by atoms with Gasteiger partial charge >= 0.3 is 0 Å². The number of hydrogen-bond acceptors (Lipinski definition) is 5. The van der Waals surface area contributed by atoms with E-state index < -0.39 is 0 Å². The van der Waals surface area contributed by atoms with E-state index in [0.29, 0.717) is 11.9 Å². The fourth-order valence-corrected chi connectivity index (χ4v) is 2.86. The number of nitrogens with two attached hydrogens (primary N) is 1. The summed E-state index contributed by atoms with van der Waals surface area (Å²) < 4.78 is 0. The SMILES string of the molecule is CCCc1c(N)ncnc1NC(C)CN1CCCCC1. The third-order valence-corrected chi connectivity index (χ3v) is 3.84. The van der Waals surface area contributed by atoms with E-state index in [-0.39, 0.29) is 0 Å². The Hall–Kier alpha value is -1.36. The summed E-state index contributed by atoms with van der Waals surface area (Å²) in [6, 6.07) is 0.373. The fourth-order valence-electron chi connectivity index (χ4n) is 2.86. The standard InChI is InChI=1S/C15H27N5/c1-3-7-13-14(16)17-11-18-15(13)19-12(2)10-20-8-5-4-6-9-20/h11-12H,3-10H2,1-2H3,(H3,16,17,18,19). The van der Waals surface area contributed by atoms with E-state index in [1.165, 1.54) is 32.4 Å². The third kappa shape index (κ3) is 4.07. The topological polar surface area (TPSA) is 67.1 Å². The number of aromatic nitrogens is 2. The highest BCUT2D eigenvalue weighted by Crippen LogP contribution is 2.20. The van der Waals surface area contributed by atoms with E-state index in [0.717, 1.165) is 30.8 Å². The molecule has 1 aliphatic rings. The molecular weight excluding hydrogens is 250 g/mol. The molecule has 0 radical (unpaired) electrons. The summed E-state index contributed by atoms with van der Waals surface area (Å²) in [6.07, 6.45) is 7.55. The van der Waals surface area contributed by atoms with E-state index in [4.69, 9.17) is 5.73 Å². The lowest BCUT2D eigenvalue weighted by Crippen LogP contribution is -2.38. The van der Waals surface area contributed by atoms with Crippen molar-refractivity contribution in [2.45, 2.75) is 52.0 Å². The Balaban J connectivity index is 1.96. The van der Waals surface area contributed by atoms with Crippen LogP contribution in [0.25, 0.3) is 0 Å². The van der Waals surface area contributed by atoms with E-state index in [1.54, 1.807) is 6.33 Å². The summed E-state index contributed by atoms with van der Waals surface area (Å²) in [7, 11) is 0. The Labute approximate surface area is 122 Å². The number of likely N-dealkylation sites (tertiary alicyclic amines) is 1. The number of piperidine rings is 1. The summed E-state index contributed by atoms with van der Waals surface area (Å²) >= 11 is 0. The van der Waals surface area contributed by atoms with Gasteiger partial charge in [-0.1, -0.05) is 19.8 Å². The molecule has 1 aromatic rings. The van der Waals surface area contributed by atoms with E-state index >= 15 is 0 Å². The van der Waals surface area contributed by atoms with Gasteiger partial charge in [-0.15, -0.1) is 0 Å². The molecule has 20 heavy (non-hydrogen) atoms. The molecule has 5 nitrogen and oxygen atoms in total. The molecule has 1 aromatic heterocycles. The van der Waals surface area contributed by atoms with Gasteiger partial charge in [-0.2, -0.15) is 0 Å². The molecular formula is C15H27N5. The average molecular weight is 277 g/mol. The molecule has 0 saturated carbocycles. The number of nitrogen functional groups attached to an aromatic ring is 1. The zero-order valence-corrected chi connectivity index (χ0v) is 12.7. The minimum absolute atomic E-state index is 0.373. The van der Waals surface area contributed by atoms with Crippen molar-refractivity contribution in [2.75, 3.05) is 30.7 Å². The molecule has 0 amide bonds. The molecule has 1 unspecified atom stereocenters. The highest BCUT2D eigenvalue weighted by atomic mass is 15.2. The van der Waals surface area contributed by atoms with E-state index in [1.807, 2.05) is 0 Å². The van der Waals surface area contributed by atoms with Crippen molar-refractivity contribution in [1.82, 2.24) is 14.9 Å². The van der Waals surface area contributed by atoms with E-state index in [9.17, 15) is 0 Å². The van der Waals surface area contributed by atoms with Crippen molar-refractivity contribution in [1.29, 1.82) is 0 Å². The van der Waals surface area contributed by atoms with Gasteiger partial charge in [0.1, 0.15) is 18.0 Å². The summed E-state index contributed by atoms with van der Waals surface area (Å²) in [5.74, 6) is 1.51. The largest absolute Gasteiger partial charge is 0.383 e. The van der Waals surface area contributed by atoms with Crippen LogP contribution in [-0.2, 0) is 6.42 Å². The molecule has 1 atom stereocenters. The molecule has 0 aliphatic carbocycles. The lowest BCUT2D eigenvalue weighted by atomic mass is 10.1. The summed E-state index contributed by atoms with van der Waals surface area (Å²) in [5.41, 5.74) is 7.02. The first-order valence-corrected chi connectivity index (χ1v) is 7.79. The van der Waals surface area contributed by atoms with Crippen LogP contribution in [0.3, 0.4) is 0 Å². The smallest absolute Gasteiger partial charge is 0.134 e. The van der Waals surface area contributed by atoms with Crippen LogP contribution in [0.2, 0.25) is 0 Å². The molecule has 0 bridgehead atoms. The quantitative estimate of drug-likeness (QED) is 0.835. The van der Waals surface area contributed by atoms with Crippen LogP contribution in [0.15, 0.2) is 6.33 Å². The van der Waals surface area contributed by atoms with Crippen molar-refractivity contribution in [3.8, 4) is 0 Å². The molecule has 0 spiro atoms. The first-order valence-electron chi connectivity index (χ1n) is 7.79. The lowest BCUT2D eigenvalue weighted by Gasteiger charge is -2.29. The second kappa shape index (κ2) is 7.43. The number of anilines is 2. The normalized spacial score (nSPS) is 17.9. The Morgan fingerprint density at radius 3 is 2.75 bits per heavy atom. The predicted molar refractivity (Wildman–Crippen MR) is 83.8 cm³/mol. The molecule has 5 heteroatoms. The van der Waals surface area contributed by atoms with Gasteiger partial charge in [0, 0.05) is 18.2 Å². The van der Waals surface area contributed by atoms with E-state index in [2.05, 4.69) is 34.0 Å². The lowest BCUT2D eigenvalue weighted by molar-refractivity contribution is 0.223. The van der Waals surface area contributed by atoms with Gasteiger partial charge in [-0.05, 0) is 39.3 Å². The second-order valence-corrected chi connectivity index (χ2v) is 5.74. The number of nitrogens with zero attached hydrogens (tertiary/aromatic N) is 3. The van der Waals surface area contributed by atoms with Gasteiger partial charge in [-0.25, -0.2) is 9.97 Å². The Morgan fingerprint density at radius 1 is 1.30 bits per heavy atom. The third-order valence-electron chi connectivity index (χ3n) is 3.84. The maximum absolute atomic E-state index is 5.97. The van der Waals surface area contributed by atoms with Crippen molar-refractivity contribution in [3.05, 3.63) is 11.9 Å². The average Bonchev–Trinajstić information content (AvgIpc) is 2.44. The van der Waals surface area contributed by atoms with Crippen molar-refractivity contribution >= 4 is 11.6 Å². The van der Waals surface area contributed by atoms with Crippen molar-refractivity contribution < 1.29 is 0 Å². The second-order valence-electron chi connectivity index (χ2n) is 5.74. The maximum atomic E-state index is 5.97. The van der Waals surface area contributed by atoms with Crippen LogP contribution in [0.5, 0.6) is 0 Å². The van der Waals surface area contributed by atoms with Crippen molar-refractivity contribution in [2.24, 2.45) is 0 Å². The van der Waals surface area contributed by atoms with Crippen LogP contribution >= 0.6 is 0 Å². The Morgan fingerprint density at radius 2 is 2.05 bits per heavy atom. The van der Waals surface area contributed by atoms with Crippen molar-refractivity contribution in [3.63, 3.8) is 0 Å². The highest BCUT2D eigenvalue weighted by molar-refractivity contribution is 5.55. The fraction of sp³-hybridized carbons (Fsp3) is 0.733. The Kier molecular flexibility index (Phi) is 5.59. The predicted octanol–water partition coefficient (Wildman–Crippen LogP) is 2.30. The van der Waals surface area contributed by atoms with Gasteiger partial charge in [0.05, 0.1) is 0 Å². The molecule has 2 heterocycles.